The lowest BCUT2D eigenvalue weighted by Crippen LogP contribution is -2.15. The van der Waals surface area contributed by atoms with Crippen molar-refractivity contribution in [3.8, 4) is 0 Å². The average molecular weight is 262 g/mol. The van der Waals surface area contributed by atoms with E-state index in [0.717, 1.165) is 16.8 Å². The van der Waals surface area contributed by atoms with E-state index in [0.29, 0.717) is 11.3 Å². The van der Waals surface area contributed by atoms with Gasteiger partial charge in [0.2, 0.25) is 0 Å². The van der Waals surface area contributed by atoms with Crippen LogP contribution in [0.15, 0.2) is 66.2 Å². The van der Waals surface area contributed by atoms with Crippen LogP contribution >= 0.6 is 0 Å². The van der Waals surface area contributed by atoms with Crippen molar-refractivity contribution in [2.75, 3.05) is 5.73 Å². The number of nitrogen functional groups attached to an aromatic ring is 1. The second kappa shape index (κ2) is 5.05. The number of hydrogen-bond donors (Lipinski definition) is 2. The molecule has 0 saturated heterocycles. The van der Waals surface area contributed by atoms with E-state index in [4.69, 9.17) is 5.73 Å². The van der Waals surface area contributed by atoms with Gasteiger partial charge in [0.05, 0.1) is 0 Å². The van der Waals surface area contributed by atoms with E-state index in [1.54, 1.807) is 0 Å². The standard InChI is InChI=1S/C17H14N2O/c18-15-8-6-12(7-9-15)10-14-11-16(19-17(14)20)13-4-2-1-3-5-13/h1-11H,18H2,(H,19,20)/b14-10-. The summed E-state index contributed by atoms with van der Waals surface area (Å²) in [5.74, 6) is -0.0827. The topological polar surface area (TPSA) is 55.1 Å². The third-order valence-corrected chi connectivity index (χ3v) is 3.15. The summed E-state index contributed by atoms with van der Waals surface area (Å²) in [6.45, 7) is 0. The molecule has 1 aliphatic heterocycles. The second-order valence-corrected chi connectivity index (χ2v) is 4.64. The zero-order chi connectivity index (χ0) is 13.9. The third-order valence-electron chi connectivity index (χ3n) is 3.15. The molecule has 0 aromatic heterocycles. The lowest BCUT2D eigenvalue weighted by Gasteiger charge is -2.01. The second-order valence-electron chi connectivity index (χ2n) is 4.64. The van der Waals surface area contributed by atoms with Crippen LogP contribution in [0, 0.1) is 0 Å². The summed E-state index contributed by atoms with van der Waals surface area (Å²) in [6.07, 6.45) is 3.72. The molecule has 1 aliphatic rings. The van der Waals surface area contributed by atoms with Gasteiger partial charge in [-0.1, -0.05) is 42.5 Å². The van der Waals surface area contributed by atoms with Crippen LogP contribution < -0.4 is 11.1 Å². The zero-order valence-corrected chi connectivity index (χ0v) is 10.8. The molecule has 3 N–H and O–H groups in total. The van der Waals surface area contributed by atoms with Crippen molar-refractivity contribution in [2.24, 2.45) is 0 Å². The fraction of sp³-hybridized carbons (Fsp3) is 0. The van der Waals surface area contributed by atoms with Crippen molar-refractivity contribution in [2.45, 2.75) is 0 Å². The molecule has 98 valence electrons. The number of amides is 1. The number of nitrogens with one attached hydrogen (secondary N) is 1. The van der Waals surface area contributed by atoms with Gasteiger partial charge in [0.1, 0.15) is 0 Å². The minimum atomic E-state index is -0.0827. The SMILES string of the molecule is Nc1ccc(/C=C2/C=C(c3ccccc3)NC2=O)cc1. The van der Waals surface area contributed by atoms with Crippen LogP contribution in [0.2, 0.25) is 0 Å². The predicted octanol–water partition coefficient (Wildman–Crippen LogP) is 2.82. The van der Waals surface area contributed by atoms with Gasteiger partial charge in [-0.2, -0.15) is 0 Å². The Morgan fingerprint density at radius 2 is 1.65 bits per heavy atom. The van der Waals surface area contributed by atoms with Crippen molar-refractivity contribution in [1.82, 2.24) is 5.32 Å². The molecular weight excluding hydrogens is 248 g/mol. The van der Waals surface area contributed by atoms with Crippen molar-refractivity contribution in [1.29, 1.82) is 0 Å². The van der Waals surface area contributed by atoms with Crippen molar-refractivity contribution in [3.63, 3.8) is 0 Å². The highest BCUT2D eigenvalue weighted by atomic mass is 16.1. The maximum atomic E-state index is 12.0. The number of hydrogen-bond acceptors (Lipinski definition) is 2. The minimum Gasteiger partial charge on any atom is -0.399 e. The molecule has 2 aromatic carbocycles. The van der Waals surface area contributed by atoms with Gasteiger partial charge in [0, 0.05) is 17.0 Å². The summed E-state index contributed by atoms with van der Waals surface area (Å²) in [6, 6.07) is 17.2. The first-order chi connectivity index (χ1) is 9.72. The van der Waals surface area contributed by atoms with E-state index in [-0.39, 0.29) is 5.91 Å². The molecular formula is C17H14N2O. The maximum Gasteiger partial charge on any atom is 0.255 e. The lowest BCUT2D eigenvalue weighted by atomic mass is 10.1. The summed E-state index contributed by atoms with van der Waals surface area (Å²) in [4.78, 5) is 12.0. The van der Waals surface area contributed by atoms with E-state index in [1.165, 1.54) is 0 Å². The Labute approximate surface area is 117 Å². The summed E-state index contributed by atoms with van der Waals surface area (Å²) < 4.78 is 0. The quantitative estimate of drug-likeness (QED) is 0.646. The molecule has 0 atom stereocenters. The molecule has 0 radical (unpaired) electrons. The van der Waals surface area contributed by atoms with E-state index >= 15 is 0 Å². The smallest absolute Gasteiger partial charge is 0.255 e. The lowest BCUT2D eigenvalue weighted by molar-refractivity contribution is -0.115. The molecule has 0 saturated carbocycles. The van der Waals surface area contributed by atoms with Gasteiger partial charge in [-0.25, -0.2) is 0 Å². The van der Waals surface area contributed by atoms with Gasteiger partial charge in [-0.05, 0) is 35.4 Å². The first-order valence-electron chi connectivity index (χ1n) is 6.38. The molecule has 0 spiro atoms. The molecule has 0 bridgehead atoms. The Bertz CT molecular complexity index is 698. The molecule has 3 heteroatoms. The Morgan fingerprint density at radius 1 is 0.950 bits per heavy atom. The zero-order valence-electron chi connectivity index (χ0n) is 10.8. The molecule has 0 aliphatic carbocycles. The van der Waals surface area contributed by atoms with Gasteiger partial charge in [-0.3, -0.25) is 4.79 Å². The molecule has 0 unspecified atom stereocenters. The highest BCUT2D eigenvalue weighted by molar-refractivity contribution is 6.10. The fourth-order valence-electron chi connectivity index (χ4n) is 2.10. The Hall–Kier alpha value is -2.81. The number of nitrogens with two attached hydrogens (primary N) is 1. The first-order valence-corrected chi connectivity index (χ1v) is 6.38. The summed E-state index contributed by atoms with van der Waals surface area (Å²) >= 11 is 0. The van der Waals surface area contributed by atoms with Gasteiger partial charge in [0.25, 0.3) is 5.91 Å². The third kappa shape index (κ3) is 2.47. The predicted molar refractivity (Wildman–Crippen MR) is 81.4 cm³/mol. The maximum absolute atomic E-state index is 12.0. The van der Waals surface area contributed by atoms with Crippen LogP contribution in [0.1, 0.15) is 11.1 Å². The Kier molecular flexibility index (Phi) is 3.09. The van der Waals surface area contributed by atoms with E-state index in [9.17, 15) is 4.79 Å². The van der Waals surface area contributed by atoms with Crippen molar-refractivity contribution >= 4 is 23.4 Å². The van der Waals surface area contributed by atoms with Crippen molar-refractivity contribution in [3.05, 3.63) is 77.4 Å². The van der Waals surface area contributed by atoms with Gasteiger partial charge < -0.3 is 11.1 Å². The largest absolute Gasteiger partial charge is 0.399 e. The molecule has 3 rings (SSSR count). The monoisotopic (exact) mass is 262 g/mol. The number of rotatable bonds is 2. The highest BCUT2D eigenvalue weighted by Gasteiger charge is 2.18. The summed E-state index contributed by atoms with van der Waals surface area (Å²) in [7, 11) is 0. The van der Waals surface area contributed by atoms with Crippen LogP contribution in [0.3, 0.4) is 0 Å². The van der Waals surface area contributed by atoms with E-state index in [1.807, 2.05) is 66.7 Å². The normalized spacial score (nSPS) is 16.1. The number of carbonyl (C=O) groups excluding carboxylic acids is 1. The Morgan fingerprint density at radius 3 is 2.35 bits per heavy atom. The van der Waals surface area contributed by atoms with Crippen LogP contribution in [0.4, 0.5) is 5.69 Å². The number of carbonyl (C=O) groups is 1. The average Bonchev–Trinajstić information content (AvgIpc) is 2.84. The fourth-order valence-corrected chi connectivity index (χ4v) is 2.10. The summed E-state index contributed by atoms with van der Waals surface area (Å²) in [5, 5.41) is 2.88. The van der Waals surface area contributed by atoms with E-state index < -0.39 is 0 Å². The van der Waals surface area contributed by atoms with Crippen LogP contribution in [-0.4, -0.2) is 5.91 Å². The van der Waals surface area contributed by atoms with Crippen LogP contribution in [0.5, 0.6) is 0 Å². The summed E-state index contributed by atoms with van der Waals surface area (Å²) in [5.41, 5.74) is 9.79. The molecule has 0 fully saturated rings. The Balaban J connectivity index is 1.92. The molecule has 1 heterocycles. The number of anilines is 1. The first kappa shape index (κ1) is 12.2. The molecule has 2 aromatic rings. The van der Waals surface area contributed by atoms with Gasteiger partial charge in [0.15, 0.2) is 0 Å². The van der Waals surface area contributed by atoms with E-state index in [2.05, 4.69) is 5.32 Å². The van der Waals surface area contributed by atoms with Crippen LogP contribution in [-0.2, 0) is 4.79 Å². The number of benzene rings is 2. The van der Waals surface area contributed by atoms with Gasteiger partial charge in [-0.15, -0.1) is 0 Å². The minimum absolute atomic E-state index is 0.0827. The molecule has 20 heavy (non-hydrogen) atoms. The highest BCUT2D eigenvalue weighted by Crippen LogP contribution is 2.22. The van der Waals surface area contributed by atoms with Gasteiger partial charge >= 0.3 is 0 Å². The van der Waals surface area contributed by atoms with Crippen molar-refractivity contribution < 1.29 is 4.79 Å². The molecule has 3 nitrogen and oxygen atoms in total. The van der Waals surface area contributed by atoms with Crippen LogP contribution in [0.25, 0.3) is 11.8 Å². The molecule has 1 amide bonds.